The van der Waals surface area contributed by atoms with Gasteiger partial charge in [-0.25, -0.2) is 0 Å². The summed E-state index contributed by atoms with van der Waals surface area (Å²) in [6, 6.07) is 12.4. The third-order valence-corrected chi connectivity index (χ3v) is 5.71. The zero-order valence-electron chi connectivity index (χ0n) is 23.2. The van der Waals surface area contributed by atoms with Crippen LogP contribution in [0.2, 0.25) is 0 Å². The highest BCUT2D eigenvalue weighted by atomic mass is 16.5. The van der Waals surface area contributed by atoms with Gasteiger partial charge in [-0.05, 0) is 61.6 Å². The van der Waals surface area contributed by atoms with Crippen LogP contribution in [0.3, 0.4) is 0 Å². The maximum atomic E-state index is 13.4. The molecule has 2 aromatic rings. The summed E-state index contributed by atoms with van der Waals surface area (Å²) in [5.74, 6) is -1.35. The Bertz CT molecular complexity index is 1140. The molecule has 2 N–H and O–H groups in total. The van der Waals surface area contributed by atoms with Crippen LogP contribution < -0.4 is 15.0 Å². The zero-order chi connectivity index (χ0) is 27.9. The van der Waals surface area contributed by atoms with Crippen LogP contribution in [-0.4, -0.2) is 36.5 Å². The minimum atomic E-state index is -0.963. The Hall–Kier alpha value is -3.61. The quantitative estimate of drug-likeness (QED) is 0.381. The van der Waals surface area contributed by atoms with Crippen molar-refractivity contribution in [2.75, 3.05) is 23.9 Å². The van der Waals surface area contributed by atoms with Crippen LogP contribution in [0.15, 0.2) is 54.1 Å². The second kappa shape index (κ2) is 12.6. The Morgan fingerprint density at radius 3 is 2.16 bits per heavy atom. The van der Waals surface area contributed by atoms with E-state index in [4.69, 9.17) is 4.74 Å². The first-order valence-corrected chi connectivity index (χ1v) is 12.5. The topological polar surface area (TPSA) is 95.9 Å². The number of carboxylic acids is 1. The van der Waals surface area contributed by atoms with Crippen LogP contribution in [0.4, 0.5) is 11.4 Å². The summed E-state index contributed by atoms with van der Waals surface area (Å²) in [6.45, 7) is 13.8. The van der Waals surface area contributed by atoms with Gasteiger partial charge in [0, 0.05) is 23.7 Å². The molecule has 0 heterocycles. The summed E-state index contributed by atoms with van der Waals surface area (Å²) in [5.41, 5.74) is 2.88. The summed E-state index contributed by atoms with van der Waals surface area (Å²) in [6.07, 6.45) is 1.77. The first-order valence-electron chi connectivity index (χ1n) is 12.5. The van der Waals surface area contributed by atoms with Gasteiger partial charge in [0.05, 0.1) is 18.7 Å². The standard InChI is InChI=1S/C30H40N2O5/c1-19(2)15-27(33)31-23-12-9-21(10-13-23)16-24(28(34)35)22-11-14-26(37-8)25(17-22)32(18-20(3)4)29(36)30(5,6)7/h9-15,17,20,24H,16,18H2,1-8H3,(H,31,33)(H,34,35). The number of hydrogen-bond acceptors (Lipinski definition) is 4. The number of amides is 2. The maximum Gasteiger partial charge on any atom is 0.311 e. The molecular weight excluding hydrogens is 468 g/mol. The van der Waals surface area contributed by atoms with Crippen molar-refractivity contribution in [3.63, 3.8) is 0 Å². The number of nitrogens with zero attached hydrogens (tertiary/aromatic N) is 1. The number of carboxylic acid groups (broad SMARTS) is 1. The van der Waals surface area contributed by atoms with Crippen molar-refractivity contribution in [3.8, 4) is 5.75 Å². The summed E-state index contributed by atoms with van der Waals surface area (Å²) >= 11 is 0. The van der Waals surface area contributed by atoms with Crippen molar-refractivity contribution in [1.29, 1.82) is 0 Å². The molecule has 37 heavy (non-hydrogen) atoms. The predicted molar refractivity (Wildman–Crippen MR) is 148 cm³/mol. The molecule has 2 aromatic carbocycles. The fourth-order valence-corrected chi connectivity index (χ4v) is 3.94. The third-order valence-electron chi connectivity index (χ3n) is 5.71. The Morgan fingerprint density at radius 2 is 1.68 bits per heavy atom. The number of benzene rings is 2. The molecule has 7 heteroatoms. The highest BCUT2D eigenvalue weighted by Gasteiger charge is 2.31. The summed E-state index contributed by atoms with van der Waals surface area (Å²) in [5, 5.41) is 12.9. The number of nitrogens with one attached hydrogen (secondary N) is 1. The lowest BCUT2D eigenvalue weighted by Gasteiger charge is -2.32. The van der Waals surface area contributed by atoms with Crippen molar-refractivity contribution >= 4 is 29.2 Å². The van der Waals surface area contributed by atoms with Crippen LogP contribution in [0.5, 0.6) is 5.75 Å². The van der Waals surface area contributed by atoms with E-state index in [9.17, 15) is 19.5 Å². The Morgan fingerprint density at radius 1 is 1.05 bits per heavy atom. The molecule has 200 valence electrons. The lowest BCUT2D eigenvalue weighted by molar-refractivity contribution is -0.138. The van der Waals surface area contributed by atoms with Gasteiger partial charge in [-0.2, -0.15) is 0 Å². The van der Waals surface area contributed by atoms with E-state index in [0.29, 0.717) is 29.2 Å². The van der Waals surface area contributed by atoms with Gasteiger partial charge in [0.25, 0.3) is 0 Å². The molecular formula is C30H40N2O5. The molecule has 7 nitrogen and oxygen atoms in total. The highest BCUT2D eigenvalue weighted by Crippen LogP contribution is 2.36. The van der Waals surface area contributed by atoms with E-state index < -0.39 is 17.3 Å². The molecule has 2 rings (SSSR count). The van der Waals surface area contributed by atoms with Crippen molar-refractivity contribution in [2.45, 2.75) is 60.8 Å². The molecule has 0 aliphatic rings. The molecule has 2 amide bonds. The van der Waals surface area contributed by atoms with Gasteiger partial charge < -0.3 is 20.1 Å². The molecule has 0 aliphatic carbocycles. The van der Waals surface area contributed by atoms with Crippen LogP contribution in [0.25, 0.3) is 0 Å². The average molecular weight is 509 g/mol. The number of methoxy groups -OCH3 is 1. The van der Waals surface area contributed by atoms with E-state index in [1.165, 1.54) is 6.08 Å². The number of allylic oxidation sites excluding steroid dienone is 1. The number of aliphatic carboxylic acids is 1. The molecule has 0 aliphatic heterocycles. The highest BCUT2D eigenvalue weighted by molar-refractivity contribution is 6.00. The third kappa shape index (κ3) is 8.48. The zero-order valence-corrected chi connectivity index (χ0v) is 23.2. The largest absolute Gasteiger partial charge is 0.495 e. The van der Waals surface area contributed by atoms with Gasteiger partial charge in [0.2, 0.25) is 11.8 Å². The fourth-order valence-electron chi connectivity index (χ4n) is 3.94. The van der Waals surface area contributed by atoms with E-state index in [2.05, 4.69) is 5.32 Å². The average Bonchev–Trinajstić information content (AvgIpc) is 2.79. The second-order valence-corrected chi connectivity index (χ2v) is 11.0. The Kier molecular flexibility index (Phi) is 10.1. The smallest absolute Gasteiger partial charge is 0.311 e. The minimum Gasteiger partial charge on any atom is -0.495 e. The number of anilines is 2. The molecule has 1 atom stereocenters. The van der Waals surface area contributed by atoms with E-state index in [1.807, 2.05) is 60.6 Å². The maximum absolute atomic E-state index is 13.4. The molecule has 0 fully saturated rings. The molecule has 1 unspecified atom stereocenters. The number of carbonyl (C=O) groups excluding carboxylic acids is 2. The molecule has 0 bridgehead atoms. The number of hydrogen-bond donors (Lipinski definition) is 2. The van der Waals surface area contributed by atoms with Gasteiger partial charge in [-0.15, -0.1) is 0 Å². The van der Waals surface area contributed by atoms with Gasteiger partial charge in [0.15, 0.2) is 0 Å². The lowest BCUT2D eigenvalue weighted by Crippen LogP contribution is -2.42. The SMILES string of the molecule is COc1ccc(C(Cc2ccc(NC(=O)C=C(C)C)cc2)C(=O)O)cc1N(CC(C)C)C(=O)C(C)(C)C. The predicted octanol–water partition coefficient (Wildman–Crippen LogP) is 6.05. The van der Waals surface area contributed by atoms with Crippen molar-refractivity contribution in [1.82, 2.24) is 0 Å². The van der Waals surface area contributed by atoms with Gasteiger partial charge in [-0.3, -0.25) is 14.4 Å². The van der Waals surface area contributed by atoms with Crippen LogP contribution in [0, 0.1) is 11.3 Å². The van der Waals surface area contributed by atoms with E-state index in [-0.39, 0.29) is 24.2 Å². The lowest BCUT2D eigenvalue weighted by atomic mass is 9.90. The van der Waals surface area contributed by atoms with Crippen LogP contribution >= 0.6 is 0 Å². The normalized spacial score (nSPS) is 12.0. The van der Waals surface area contributed by atoms with Gasteiger partial charge in [-0.1, -0.05) is 58.4 Å². The summed E-state index contributed by atoms with van der Waals surface area (Å²) in [4.78, 5) is 39.4. The van der Waals surface area contributed by atoms with Crippen molar-refractivity contribution < 1.29 is 24.2 Å². The van der Waals surface area contributed by atoms with E-state index >= 15 is 0 Å². The minimum absolute atomic E-state index is 0.0609. The Labute approximate surface area is 220 Å². The van der Waals surface area contributed by atoms with Gasteiger partial charge >= 0.3 is 5.97 Å². The molecule has 0 aromatic heterocycles. The second-order valence-electron chi connectivity index (χ2n) is 11.0. The Balaban J connectivity index is 2.41. The van der Waals surface area contributed by atoms with E-state index in [1.54, 1.807) is 42.3 Å². The first-order chi connectivity index (χ1) is 17.2. The van der Waals surface area contributed by atoms with Crippen LogP contribution in [0.1, 0.15) is 65.5 Å². The van der Waals surface area contributed by atoms with Crippen molar-refractivity contribution in [2.24, 2.45) is 11.3 Å². The first kappa shape index (κ1) is 29.6. The molecule has 0 radical (unpaired) electrons. The summed E-state index contributed by atoms with van der Waals surface area (Å²) < 4.78 is 5.57. The number of rotatable bonds is 10. The monoisotopic (exact) mass is 508 g/mol. The number of carbonyl (C=O) groups is 3. The fraction of sp³-hybridized carbons (Fsp3) is 0.433. The molecule has 0 saturated heterocycles. The van der Waals surface area contributed by atoms with Crippen LogP contribution in [-0.2, 0) is 20.8 Å². The van der Waals surface area contributed by atoms with Gasteiger partial charge in [0.1, 0.15) is 5.75 Å². The molecule has 0 saturated carbocycles. The molecule has 0 spiro atoms. The van der Waals surface area contributed by atoms with Crippen molar-refractivity contribution in [3.05, 3.63) is 65.2 Å². The number of ether oxygens (including phenoxy) is 1. The van der Waals surface area contributed by atoms with E-state index in [0.717, 1.165) is 11.1 Å². The summed E-state index contributed by atoms with van der Waals surface area (Å²) in [7, 11) is 1.54.